The molecule has 0 aliphatic carbocycles. The van der Waals surface area contributed by atoms with Crippen molar-refractivity contribution in [2.24, 2.45) is 5.73 Å². The van der Waals surface area contributed by atoms with Gasteiger partial charge in [-0.3, -0.25) is 14.9 Å². The summed E-state index contributed by atoms with van der Waals surface area (Å²) in [6.45, 7) is 3.55. The highest BCUT2D eigenvalue weighted by atomic mass is 35.5. The third-order valence-electron chi connectivity index (χ3n) is 2.22. The lowest BCUT2D eigenvalue weighted by molar-refractivity contribution is -0.384. The van der Waals surface area contributed by atoms with Crippen molar-refractivity contribution in [1.82, 2.24) is 4.98 Å². The number of rotatable bonds is 5. The maximum absolute atomic E-state index is 11.0. The molecule has 2 N–H and O–H groups in total. The lowest BCUT2D eigenvalue weighted by Crippen LogP contribution is -2.39. The zero-order chi connectivity index (χ0) is 13.9. The number of pyridine rings is 1. The van der Waals surface area contributed by atoms with Crippen molar-refractivity contribution in [2.75, 3.05) is 11.4 Å². The summed E-state index contributed by atoms with van der Waals surface area (Å²) in [6.07, 6.45) is 0. The Kier molecular flexibility index (Phi) is 4.43. The standard InChI is InChI=1S/C10H13ClN4O3/c1-6(2)14(5-9(12)16)10-4-7(15(17)18)3-8(11)13-10/h3-4,6H,5H2,1-2H3,(H2,12,16). The van der Waals surface area contributed by atoms with Crippen molar-refractivity contribution in [3.05, 3.63) is 27.4 Å². The molecule has 0 aliphatic rings. The Morgan fingerprint density at radius 1 is 1.61 bits per heavy atom. The number of carbonyl (C=O) groups is 1. The normalized spacial score (nSPS) is 10.4. The first kappa shape index (κ1) is 14.2. The highest BCUT2D eigenvalue weighted by Crippen LogP contribution is 2.24. The number of nitro groups is 1. The Hall–Kier alpha value is -1.89. The van der Waals surface area contributed by atoms with Gasteiger partial charge in [-0.15, -0.1) is 0 Å². The Labute approximate surface area is 109 Å². The van der Waals surface area contributed by atoms with Crippen LogP contribution in [0.1, 0.15) is 13.8 Å². The summed E-state index contributed by atoms with van der Waals surface area (Å²) in [5, 5.41) is 10.7. The molecule has 0 spiro atoms. The molecule has 0 bridgehead atoms. The van der Waals surface area contributed by atoms with E-state index in [4.69, 9.17) is 17.3 Å². The number of primary amides is 1. The SMILES string of the molecule is CC(C)N(CC(N)=O)c1cc([N+](=O)[O-])cc(Cl)n1. The number of anilines is 1. The maximum Gasteiger partial charge on any atom is 0.276 e. The summed E-state index contributed by atoms with van der Waals surface area (Å²) in [4.78, 5) is 26.6. The molecule has 1 heterocycles. The molecule has 18 heavy (non-hydrogen) atoms. The molecule has 0 unspecified atom stereocenters. The van der Waals surface area contributed by atoms with Crippen molar-refractivity contribution >= 4 is 29.0 Å². The number of carbonyl (C=O) groups excluding carboxylic acids is 1. The Morgan fingerprint density at radius 3 is 2.67 bits per heavy atom. The highest BCUT2D eigenvalue weighted by Gasteiger charge is 2.18. The molecule has 0 saturated heterocycles. The second kappa shape index (κ2) is 5.63. The van der Waals surface area contributed by atoms with Gasteiger partial charge < -0.3 is 10.6 Å². The minimum atomic E-state index is -0.570. The smallest absolute Gasteiger partial charge is 0.276 e. The number of hydrogen-bond donors (Lipinski definition) is 1. The van der Waals surface area contributed by atoms with Gasteiger partial charge in [-0.2, -0.15) is 0 Å². The second-order valence-electron chi connectivity index (χ2n) is 3.95. The molecule has 1 rings (SSSR count). The van der Waals surface area contributed by atoms with Crippen LogP contribution in [0.25, 0.3) is 0 Å². The van der Waals surface area contributed by atoms with E-state index in [1.165, 1.54) is 6.07 Å². The second-order valence-corrected chi connectivity index (χ2v) is 4.34. The van der Waals surface area contributed by atoms with Gasteiger partial charge in [0.15, 0.2) is 0 Å². The van der Waals surface area contributed by atoms with E-state index >= 15 is 0 Å². The van der Waals surface area contributed by atoms with Gasteiger partial charge in [-0.05, 0) is 13.8 Å². The van der Waals surface area contributed by atoms with Crippen molar-refractivity contribution in [3.63, 3.8) is 0 Å². The number of amides is 1. The van der Waals surface area contributed by atoms with E-state index in [-0.39, 0.29) is 29.2 Å². The number of nitrogens with two attached hydrogens (primary N) is 1. The first-order chi connectivity index (χ1) is 8.31. The van der Waals surface area contributed by atoms with Crippen LogP contribution in [0.15, 0.2) is 12.1 Å². The Morgan fingerprint density at radius 2 is 2.22 bits per heavy atom. The number of aromatic nitrogens is 1. The molecule has 0 atom stereocenters. The largest absolute Gasteiger partial charge is 0.368 e. The molecule has 0 saturated carbocycles. The van der Waals surface area contributed by atoms with E-state index < -0.39 is 10.8 Å². The van der Waals surface area contributed by atoms with Gasteiger partial charge in [0, 0.05) is 6.04 Å². The van der Waals surface area contributed by atoms with Gasteiger partial charge >= 0.3 is 0 Å². The third kappa shape index (κ3) is 3.56. The summed E-state index contributed by atoms with van der Waals surface area (Å²) < 4.78 is 0. The average molecular weight is 273 g/mol. The van der Waals surface area contributed by atoms with Crippen LogP contribution in [-0.2, 0) is 4.79 Å². The molecular weight excluding hydrogens is 260 g/mol. The monoisotopic (exact) mass is 272 g/mol. The molecule has 0 aliphatic heterocycles. The Bertz CT molecular complexity index is 478. The quantitative estimate of drug-likeness (QED) is 0.495. The number of nitrogens with zero attached hydrogens (tertiary/aromatic N) is 3. The van der Waals surface area contributed by atoms with Gasteiger partial charge in [-0.25, -0.2) is 4.98 Å². The third-order valence-corrected chi connectivity index (χ3v) is 2.41. The molecule has 0 fully saturated rings. The van der Waals surface area contributed by atoms with Crippen LogP contribution < -0.4 is 10.6 Å². The molecule has 1 amide bonds. The fraction of sp³-hybridized carbons (Fsp3) is 0.400. The zero-order valence-corrected chi connectivity index (χ0v) is 10.7. The summed E-state index contributed by atoms with van der Waals surface area (Å²) in [5.74, 6) is -0.295. The van der Waals surface area contributed by atoms with Crippen LogP contribution in [-0.4, -0.2) is 28.4 Å². The van der Waals surface area contributed by atoms with Gasteiger partial charge in [0.05, 0.1) is 23.6 Å². The highest BCUT2D eigenvalue weighted by molar-refractivity contribution is 6.29. The van der Waals surface area contributed by atoms with Crippen LogP contribution in [0.5, 0.6) is 0 Å². The lowest BCUT2D eigenvalue weighted by Gasteiger charge is -2.26. The summed E-state index contributed by atoms with van der Waals surface area (Å²) in [5.41, 5.74) is 4.95. The van der Waals surface area contributed by atoms with Gasteiger partial charge in [0.1, 0.15) is 11.0 Å². The van der Waals surface area contributed by atoms with Crippen molar-refractivity contribution in [1.29, 1.82) is 0 Å². The summed E-state index contributed by atoms with van der Waals surface area (Å²) in [7, 11) is 0. The first-order valence-electron chi connectivity index (χ1n) is 5.18. The fourth-order valence-corrected chi connectivity index (χ4v) is 1.62. The lowest BCUT2D eigenvalue weighted by atomic mass is 10.3. The van der Waals surface area contributed by atoms with Crippen LogP contribution in [0.3, 0.4) is 0 Å². The van der Waals surface area contributed by atoms with Crippen LogP contribution >= 0.6 is 11.6 Å². The van der Waals surface area contributed by atoms with Crippen molar-refractivity contribution < 1.29 is 9.72 Å². The van der Waals surface area contributed by atoms with E-state index in [9.17, 15) is 14.9 Å². The minimum Gasteiger partial charge on any atom is -0.368 e. The summed E-state index contributed by atoms with van der Waals surface area (Å²) >= 11 is 5.72. The number of hydrogen-bond acceptors (Lipinski definition) is 5. The Balaban J connectivity index is 3.19. The van der Waals surface area contributed by atoms with Crippen LogP contribution in [0.2, 0.25) is 5.15 Å². The van der Waals surface area contributed by atoms with Crippen molar-refractivity contribution in [2.45, 2.75) is 19.9 Å². The molecule has 1 aromatic rings. The first-order valence-corrected chi connectivity index (χ1v) is 5.56. The zero-order valence-electron chi connectivity index (χ0n) is 9.96. The fourth-order valence-electron chi connectivity index (χ4n) is 1.42. The average Bonchev–Trinajstić information content (AvgIpc) is 2.24. The molecule has 8 heteroatoms. The van der Waals surface area contributed by atoms with Crippen LogP contribution in [0.4, 0.5) is 11.5 Å². The predicted molar refractivity (Wildman–Crippen MR) is 67.6 cm³/mol. The minimum absolute atomic E-state index is 0.00526. The van der Waals surface area contributed by atoms with Gasteiger partial charge in [0.25, 0.3) is 5.69 Å². The molecule has 0 aromatic carbocycles. The number of halogens is 1. The van der Waals surface area contributed by atoms with Gasteiger partial charge in [-0.1, -0.05) is 11.6 Å². The van der Waals surface area contributed by atoms with E-state index in [1.54, 1.807) is 4.90 Å². The van der Waals surface area contributed by atoms with E-state index in [0.29, 0.717) is 0 Å². The predicted octanol–water partition coefficient (Wildman–Crippen LogP) is 1.34. The van der Waals surface area contributed by atoms with E-state index in [0.717, 1.165) is 6.07 Å². The van der Waals surface area contributed by atoms with Gasteiger partial charge in [0.2, 0.25) is 5.91 Å². The molecule has 1 aromatic heterocycles. The van der Waals surface area contributed by atoms with E-state index in [1.807, 2.05) is 13.8 Å². The maximum atomic E-state index is 11.0. The van der Waals surface area contributed by atoms with Crippen LogP contribution in [0, 0.1) is 10.1 Å². The molecule has 7 nitrogen and oxygen atoms in total. The van der Waals surface area contributed by atoms with E-state index in [2.05, 4.69) is 4.98 Å². The van der Waals surface area contributed by atoms with Crippen molar-refractivity contribution in [3.8, 4) is 0 Å². The molecular formula is C10H13ClN4O3. The molecule has 0 radical (unpaired) electrons. The topological polar surface area (TPSA) is 102 Å². The summed E-state index contributed by atoms with van der Waals surface area (Å²) in [6, 6.07) is 2.31. The molecule has 98 valence electrons.